The second-order valence-corrected chi connectivity index (χ2v) is 4.04. The van der Waals surface area contributed by atoms with Crippen molar-refractivity contribution in [2.45, 2.75) is 32.8 Å². The van der Waals surface area contributed by atoms with Crippen LogP contribution in [0.25, 0.3) is 0 Å². The van der Waals surface area contributed by atoms with Crippen LogP contribution in [0.15, 0.2) is 12.1 Å². The van der Waals surface area contributed by atoms with Crippen LogP contribution in [0.2, 0.25) is 0 Å². The Balaban J connectivity index is 3.02. The summed E-state index contributed by atoms with van der Waals surface area (Å²) in [5.74, 6) is 1.66. The van der Waals surface area contributed by atoms with Crippen LogP contribution < -0.4 is 9.47 Å². The molecule has 0 saturated carbocycles. The third-order valence-electron chi connectivity index (χ3n) is 2.56. The van der Waals surface area contributed by atoms with Crippen LogP contribution in [-0.2, 0) is 6.42 Å². The molecular weight excluding hydrogens is 204 g/mol. The Labute approximate surface area is 97.0 Å². The van der Waals surface area contributed by atoms with Gasteiger partial charge in [-0.25, -0.2) is 0 Å². The molecule has 0 aliphatic carbocycles. The first kappa shape index (κ1) is 12.8. The van der Waals surface area contributed by atoms with Crippen LogP contribution in [0, 0.1) is 6.92 Å². The molecule has 0 heterocycles. The van der Waals surface area contributed by atoms with Crippen LogP contribution in [0.4, 0.5) is 0 Å². The standard InChI is InChI=1S/C13H20O3/c1-9-7-12(15-3)11(6-5-10(2)14)13(8-9)16-4/h7-8,10,14H,5-6H2,1-4H3/t10-/m0/s1. The van der Waals surface area contributed by atoms with Crippen molar-refractivity contribution in [1.29, 1.82) is 0 Å². The van der Waals surface area contributed by atoms with Gasteiger partial charge in [-0.3, -0.25) is 0 Å². The molecule has 0 bridgehead atoms. The molecular formula is C13H20O3. The third kappa shape index (κ3) is 3.14. The lowest BCUT2D eigenvalue weighted by molar-refractivity contribution is 0.184. The van der Waals surface area contributed by atoms with Gasteiger partial charge in [-0.05, 0) is 44.4 Å². The molecule has 0 aromatic heterocycles. The predicted molar refractivity (Wildman–Crippen MR) is 64.3 cm³/mol. The van der Waals surface area contributed by atoms with Crippen molar-refractivity contribution < 1.29 is 14.6 Å². The summed E-state index contributed by atoms with van der Waals surface area (Å²) in [4.78, 5) is 0. The van der Waals surface area contributed by atoms with Crippen molar-refractivity contribution in [3.05, 3.63) is 23.3 Å². The molecule has 0 spiro atoms. The van der Waals surface area contributed by atoms with Gasteiger partial charge < -0.3 is 14.6 Å². The van der Waals surface area contributed by atoms with Gasteiger partial charge in [-0.2, -0.15) is 0 Å². The molecule has 90 valence electrons. The average molecular weight is 224 g/mol. The van der Waals surface area contributed by atoms with Crippen LogP contribution in [-0.4, -0.2) is 25.4 Å². The fraction of sp³-hybridized carbons (Fsp3) is 0.538. The Morgan fingerprint density at radius 3 is 2.06 bits per heavy atom. The highest BCUT2D eigenvalue weighted by Crippen LogP contribution is 2.31. The summed E-state index contributed by atoms with van der Waals surface area (Å²) in [6, 6.07) is 3.97. The molecule has 1 rings (SSSR count). The third-order valence-corrected chi connectivity index (χ3v) is 2.56. The zero-order valence-electron chi connectivity index (χ0n) is 10.4. The van der Waals surface area contributed by atoms with Crippen LogP contribution in [0.1, 0.15) is 24.5 Å². The second kappa shape index (κ2) is 5.75. The Morgan fingerprint density at radius 1 is 1.19 bits per heavy atom. The molecule has 0 amide bonds. The van der Waals surface area contributed by atoms with Gasteiger partial charge in [-0.15, -0.1) is 0 Å². The van der Waals surface area contributed by atoms with E-state index >= 15 is 0 Å². The van der Waals surface area contributed by atoms with Gasteiger partial charge in [-0.1, -0.05) is 0 Å². The molecule has 3 heteroatoms. The second-order valence-electron chi connectivity index (χ2n) is 4.04. The number of benzene rings is 1. The van der Waals surface area contributed by atoms with Crippen molar-refractivity contribution in [1.82, 2.24) is 0 Å². The molecule has 16 heavy (non-hydrogen) atoms. The summed E-state index contributed by atoms with van der Waals surface area (Å²) in [5.41, 5.74) is 2.13. The minimum Gasteiger partial charge on any atom is -0.496 e. The van der Waals surface area contributed by atoms with E-state index < -0.39 is 0 Å². The summed E-state index contributed by atoms with van der Waals surface area (Å²) in [7, 11) is 3.31. The minimum atomic E-state index is -0.310. The number of aliphatic hydroxyl groups excluding tert-OH is 1. The molecule has 3 nitrogen and oxygen atoms in total. The topological polar surface area (TPSA) is 38.7 Å². The Bertz CT molecular complexity index is 320. The Morgan fingerprint density at radius 2 is 1.69 bits per heavy atom. The summed E-state index contributed by atoms with van der Waals surface area (Å²) in [5, 5.41) is 9.31. The average Bonchev–Trinajstić information content (AvgIpc) is 2.25. The number of hydrogen-bond donors (Lipinski definition) is 1. The zero-order valence-corrected chi connectivity index (χ0v) is 10.4. The van der Waals surface area contributed by atoms with Crippen molar-refractivity contribution >= 4 is 0 Å². The van der Waals surface area contributed by atoms with E-state index in [2.05, 4.69) is 0 Å². The maximum atomic E-state index is 9.31. The first-order valence-corrected chi connectivity index (χ1v) is 5.48. The lowest BCUT2D eigenvalue weighted by Gasteiger charge is -2.15. The fourth-order valence-electron chi connectivity index (χ4n) is 1.71. The molecule has 0 aliphatic rings. The normalized spacial score (nSPS) is 12.3. The van der Waals surface area contributed by atoms with Gasteiger partial charge in [0.1, 0.15) is 11.5 Å². The van der Waals surface area contributed by atoms with E-state index in [-0.39, 0.29) is 6.10 Å². The highest BCUT2D eigenvalue weighted by Gasteiger charge is 2.12. The fourth-order valence-corrected chi connectivity index (χ4v) is 1.71. The lowest BCUT2D eigenvalue weighted by atomic mass is 10.0. The van der Waals surface area contributed by atoms with Crippen molar-refractivity contribution in [2.24, 2.45) is 0 Å². The van der Waals surface area contributed by atoms with E-state index in [4.69, 9.17) is 9.47 Å². The smallest absolute Gasteiger partial charge is 0.126 e. The van der Waals surface area contributed by atoms with Gasteiger partial charge in [0.25, 0.3) is 0 Å². The summed E-state index contributed by atoms with van der Waals surface area (Å²) in [6.45, 7) is 3.79. The van der Waals surface area contributed by atoms with Crippen LogP contribution in [0.5, 0.6) is 11.5 Å². The largest absolute Gasteiger partial charge is 0.496 e. The number of aryl methyl sites for hydroxylation is 1. The van der Waals surface area contributed by atoms with Crippen molar-refractivity contribution in [3.63, 3.8) is 0 Å². The SMILES string of the molecule is COc1cc(C)cc(OC)c1CC[C@H](C)O. The molecule has 0 fully saturated rings. The first-order chi connectivity index (χ1) is 7.58. The minimum absolute atomic E-state index is 0.310. The van der Waals surface area contributed by atoms with E-state index in [1.165, 1.54) is 0 Å². The maximum Gasteiger partial charge on any atom is 0.126 e. The molecule has 0 aliphatic heterocycles. The molecule has 1 aromatic carbocycles. The summed E-state index contributed by atoms with van der Waals surface area (Å²) in [6.07, 6.45) is 1.15. The molecule has 0 unspecified atom stereocenters. The zero-order chi connectivity index (χ0) is 12.1. The predicted octanol–water partition coefficient (Wildman–Crippen LogP) is 2.33. The van der Waals surface area contributed by atoms with Crippen molar-refractivity contribution in [2.75, 3.05) is 14.2 Å². The van der Waals surface area contributed by atoms with E-state index in [1.54, 1.807) is 21.1 Å². The Kier molecular flexibility index (Phi) is 4.62. The molecule has 1 aromatic rings. The number of ether oxygens (including phenoxy) is 2. The monoisotopic (exact) mass is 224 g/mol. The molecule has 1 N–H and O–H groups in total. The summed E-state index contributed by atoms with van der Waals surface area (Å²) < 4.78 is 10.7. The molecule has 1 atom stereocenters. The quantitative estimate of drug-likeness (QED) is 0.834. The van der Waals surface area contributed by atoms with Crippen LogP contribution >= 0.6 is 0 Å². The maximum absolute atomic E-state index is 9.31. The van der Waals surface area contributed by atoms with Gasteiger partial charge in [0.2, 0.25) is 0 Å². The lowest BCUT2D eigenvalue weighted by Crippen LogP contribution is -2.04. The van der Waals surface area contributed by atoms with E-state index in [1.807, 2.05) is 19.1 Å². The first-order valence-electron chi connectivity index (χ1n) is 5.48. The number of rotatable bonds is 5. The van der Waals surface area contributed by atoms with Gasteiger partial charge >= 0.3 is 0 Å². The number of hydrogen-bond acceptors (Lipinski definition) is 3. The highest BCUT2D eigenvalue weighted by atomic mass is 16.5. The van der Waals surface area contributed by atoms with Gasteiger partial charge in [0.15, 0.2) is 0 Å². The number of aliphatic hydroxyl groups is 1. The van der Waals surface area contributed by atoms with E-state index in [0.717, 1.165) is 29.0 Å². The molecule has 0 radical (unpaired) electrons. The van der Waals surface area contributed by atoms with Gasteiger partial charge in [0, 0.05) is 5.56 Å². The van der Waals surface area contributed by atoms with Crippen LogP contribution in [0.3, 0.4) is 0 Å². The van der Waals surface area contributed by atoms with Gasteiger partial charge in [0.05, 0.1) is 20.3 Å². The summed E-state index contributed by atoms with van der Waals surface area (Å²) >= 11 is 0. The number of methoxy groups -OCH3 is 2. The molecule has 0 saturated heterocycles. The Hall–Kier alpha value is -1.22. The van der Waals surface area contributed by atoms with Crippen molar-refractivity contribution in [3.8, 4) is 11.5 Å². The highest BCUT2D eigenvalue weighted by molar-refractivity contribution is 5.47. The van der Waals surface area contributed by atoms with E-state index in [9.17, 15) is 5.11 Å². The van der Waals surface area contributed by atoms with E-state index in [0.29, 0.717) is 6.42 Å².